The second-order valence-electron chi connectivity index (χ2n) is 3.10. The maximum Gasteiger partial charge on any atom is 0.250 e. The molecule has 0 atom stereocenters. The molecular formula is C11H20N4O. The molecule has 0 aromatic carbocycles. The van der Waals surface area contributed by atoms with Crippen LogP contribution in [0.2, 0.25) is 0 Å². The fraction of sp³-hybridized carbons (Fsp3) is 0.455. The van der Waals surface area contributed by atoms with Crippen LogP contribution in [-0.4, -0.2) is 39.4 Å². The third kappa shape index (κ3) is 7.75. The first-order valence-electron chi connectivity index (χ1n) is 5.19. The smallest absolute Gasteiger partial charge is 0.250 e. The molecular weight excluding hydrogens is 204 g/mol. The van der Waals surface area contributed by atoms with Gasteiger partial charge in [0.05, 0.1) is 6.34 Å². The van der Waals surface area contributed by atoms with Gasteiger partial charge in [-0.05, 0) is 26.1 Å². The van der Waals surface area contributed by atoms with Crippen LogP contribution >= 0.6 is 0 Å². The molecule has 0 aliphatic heterocycles. The Morgan fingerprint density at radius 2 is 2.19 bits per heavy atom. The fourth-order valence-electron chi connectivity index (χ4n) is 0.892. The SMILES string of the molecule is C=C(/C=C\NC=NCCCNC)C(=O)NC. The number of hydrogen-bond acceptors (Lipinski definition) is 3. The summed E-state index contributed by atoms with van der Waals surface area (Å²) in [6.45, 7) is 5.33. The molecule has 0 rings (SSSR count). The summed E-state index contributed by atoms with van der Waals surface area (Å²) in [5.41, 5.74) is 0.401. The van der Waals surface area contributed by atoms with E-state index in [1.165, 1.54) is 0 Å². The predicted molar refractivity (Wildman–Crippen MR) is 67.4 cm³/mol. The van der Waals surface area contributed by atoms with Crippen LogP contribution in [0.25, 0.3) is 0 Å². The van der Waals surface area contributed by atoms with Gasteiger partial charge in [-0.2, -0.15) is 0 Å². The molecule has 0 heterocycles. The second kappa shape index (κ2) is 9.92. The van der Waals surface area contributed by atoms with Gasteiger partial charge in [-0.15, -0.1) is 0 Å². The van der Waals surface area contributed by atoms with E-state index in [0.29, 0.717) is 5.57 Å². The Hall–Kier alpha value is -1.62. The van der Waals surface area contributed by atoms with Crippen molar-refractivity contribution in [2.75, 3.05) is 27.2 Å². The Labute approximate surface area is 96.7 Å². The lowest BCUT2D eigenvalue weighted by molar-refractivity contribution is -0.116. The zero-order chi connectivity index (χ0) is 12.2. The van der Waals surface area contributed by atoms with Crippen molar-refractivity contribution < 1.29 is 4.79 Å². The van der Waals surface area contributed by atoms with E-state index in [2.05, 4.69) is 27.5 Å². The van der Waals surface area contributed by atoms with E-state index >= 15 is 0 Å². The van der Waals surface area contributed by atoms with E-state index in [4.69, 9.17) is 0 Å². The lowest BCUT2D eigenvalue weighted by Crippen LogP contribution is -2.18. The zero-order valence-electron chi connectivity index (χ0n) is 9.92. The molecule has 0 fully saturated rings. The zero-order valence-corrected chi connectivity index (χ0v) is 9.92. The third-order valence-electron chi connectivity index (χ3n) is 1.78. The largest absolute Gasteiger partial charge is 0.355 e. The van der Waals surface area contributed by atoms with Crippen LogP contribution in [-0.2, 0) is 4.79 Å². The van der Waals surface area contributed by atoms with E-state index in [9.17, 15) is 4.79 Å². The molecule has 5 nitrogen and oxygen atoms in total. The minimum absolute atomic E-state index is 0.191. The Balaban J connectivity index is 3.61. The number of carbonyl (C=O) groups is 1. The number of nitrogens with zero attached hydrogens (tertiary/aromatic N) is 1. The van der Waals surface area contributed by atoms with Crippen LogP contribution in [0.3, 0.4) is 0 Å². The van der Waals surface area contributed by atoms with E-state index < -0.39 is 0 Å². The van der Waals surface area contributed by atoms with Gasteiger partial charge in [0.25, 0.3) is 0 Å². The highest BCUT2D eigenvalue weighted by Gasteiger charge is 1.97. The van der Waals surface area contributed by atoms with E-state index in [1.54, 1.807) is 25.7 Å². The van der Waals surface area contributed by atoms with Crippen LogP contribution < -0.4 is 16.0 Å². The molecule has 0 aromatic heterocycles. The molecule has 0 saturated heterocycles. The highest BCUT2D eigenvalue weighted by molar-refractivity contribution is 5.95. The van der Waals surface area contributed by atoms with Crippen molar-refractivity contribution in [3.05, 3.63) is 24.4 Å². The van der Waals surface area contributed by atoms with Crippen LogP contribution in [0.15, 0.2) is 29.4 Å². The van der Waals surface area contributed by atoms with Crippen molar-refractivity contribution in [2.45, 2.75) is 6.42 Å². The van der Waals surface area contributed by atoms with Gasteiger partial charge in [-0.25, -0.2) is 0 Å². The monoisotopic (exact) mass is 224 g/mol. The highest BCUT2D eigenvalue weighted by atomic mass is 16.1. The number of likely N-dealkylation sites (N-methyl/N-ethyl adjacent to an activating group) is 1. The Bertz CT molecular complexity index is 271. The number of nitrogens with one attached hydrogen (secondary N) is 3. The minimum atomic E-state index is -0.191. The summed E-state index contributed by atoms with van der Waals surface area (Å²) in [4.78, 5) is 15.1. The van der Waals surface area contributed by atoms with E-state index in [0.717, 1.165) is 19.5 Å². The quantitative estimate of drug-likeness (QED) is 0.179. The van der Waals surface area contributed by atoms with Gasteiger partial charge < -0.3 is 16.0 Å². The van der Waals surface area contributed by atoms with Gasteiger partial charge in [0, 0.05) is 25.4 Å². The predicted octanol–water partition coefficient (Wildman–Crippen LogP) is 0.0297. The Morgan fingerprint density at radius 1 is 1.44 bits per heavy atom. The lowest BCUT2D eigenvalue weighted by Gasteiger charge is -1.97. The summed E-state index contributed by atoms with van der Waals surface area (Å²) in [5, 5.41) is 8.36. The van der Waals surface area contributed by atoms with Gasteiger partial charge in [0.1, 0.15) is 0 Å². The summed E-state index contributed by atoms with van der Waals surface area (Å²) >= 11 is 0. The van der Waals surface area contributed by atoms with E-state index in [-0.39, 0.29) is 5.91 Å². The van der Waals surface area contributed by atoms with Gasteiger partial charge in [0.15, 0.2) is 0 Å². The fourth-order valence-corrected chi connectivity index (χ4v) is 0.892. The summed E-state index contributed by atoms with van der Waals surface area (Å²) in [7, 11) is 3.48. The molecule has 0 aliphatic rings. The van der Waals surface area contributed by atoms with Gasteiger partial charge in [0.2, 0.25) is 5.91 Å². The maximum absolute atomic E-state index is 11.0. The normalized spacial score (nSPS) is 10.9. The van der Waals surface area contributed by atoms with Crippen molar-refractivity contribution in [1.29, 1.82) is 0 Å². The first-order valence-corrected chi connectivity index (χ1v) is 5.19. The van der Waals surface area contributed by atoms with Crippen molar-refractivity contribution >= 4 is 12.2 Å². The summed E-state index contributed by atoms with van der Waals surface area (Å²) in [5.74, 6) is -0.191. The number of amides is 1. The molecule has 5 heteroatoms. The van der Waals surface area contributed by atoms with E-state index in [1.807, 2.05) is 7.05 Å². The van der Waals surface area contributed by atoms with Crippen LogP contribution in [0, 0.1) is 0 Å². The molecule has 0 spiro atoms. The topological polar surface area (TPSA) is 65.5 Å². The Kier molecular flexibility index (Phi) is 8.91. The molecule has 1 amide bonds. The molecule has 0 unspecified atom stereocenters. The first-order chi connectivity index (χ1) is 7.72. The number of hydrogen-bond donors (Lipinski definition) is 3. The molecule has 16 heavy (non-hydrogen) atoms. The summed E-state index contributed by atoms with van der Waals surface area (Å²) < 4.78 is 0. The number of carbonyl (C=O) groups excluding carboxylic acids is 1. The second-order valence-corrected chi connectivity index (χ2v) is 3.10. The van der Waals surface area contributed by atoms with Crippen LogP contribution in [0.4, 0.5) is 0 Å². The lowest BCUT2D eigenvalue weighted by atomic mass is 10.3. The van der Waals surface area contributed by atoms with Crippen LogP contribution in [0.5, 0.6) is 0 Å². The average molecular weight is 224 g/mol. The molecule has 0 bridgehead atoms. The molecule has 90 valence electrons. The van der Waals surface area contributed by atoms with Crippen molar-refractivity contribution in [1.82, 2.24) is 16.0 Å². The molecule has 0 saturated carbocycles. The first kappa shape index (κ1) is 14.4. The van der Waals surface area contributed by atoms with Crippen molar-refractivity contribution in [2.24, 2.45) is 4.99 Å². The molecule has 0 radical (unpaired) electrons. The molecule has 3 N–H and O–H groups in total. The number of rotatable bonds is 8. The third-order valence-corrected chi connectivity index (χ3v) is 1.78. The van der Waals surface area contributed by atoms with Crippen LogP contribution in [0.1, 0.15) is 6.42 Å². The van der Waals surface area contributed by atoms with Gasteiger partial charge in [-0.3, -0.25) is 9.79 Å². The van der Waals surface area contributed by atoms with Gasteiger partial charge in [-0.1, -0.05) is 6.58 Å². The maximum atomic E-state index is 11.0. The van der Waals surface area contributed by atoms with Crippen molar-refractivity contribution in [3.8, 4) is 0 Å². The number of aliphatic imine (C=N–C) groups is 1. The highest BCUT2D eigenvalue weighted by Crippen LogP contribution is 1.89. The minimum Gasteiger partial charge on any atom is -0.355 e. The van der Waals surface area contributed by atoms with Crippen molar-refractivity contribution in [3.63, 3.8) is 0 Å². The Morgan fingerprint density at radius 3 is 2.81 bits per heavy atom. The average Bonchev–Trinajstić information content (AvgIpc) is 2.31. The van der Waals surface area contributed by atoms with Gasteiger partial charge >= 0.3 is 0 Å². The summed E-state index contributed by atoms with van der Waals surface area (Å²) in [6, 6.07) is 0. The standard InChI is InChI=1S/C11H20N4O/c1-10(11(16)13-3)5-8-15-9-14-7-4-6-12-2/h5,8-9,12H,1,4,6-7H2,2-3H3,(H,13,16)(H,14,15)/b8-5-. The molecule has 0 aliphatic carbocycles. The summed E-state index contributed by atoms with van der Waals surface area (Å²) in [6.07, 6.45) is 5.82. The molecule has 0 aromatic rings.